The maximum absolute atomic E-state index is 11.0. The fourth-order valence-corrected chi connectivity index (χ4v) is 6.95. The number of carbonyl (C=O) groups is 1. The average molecular weight is 525 g/mol. The third-order valence-electron chi connectivity index (χ3n) is 9.53. The van der Waals surface area contributed by atoms with Crippen LogP contribution < -0.4 is 0 Å². The van der Waals surface area contributed by atoms with Crippen molar-refractivity contribution in [1.29, 1.82) is 0 Å². The van der Waals surface area contributed by atoms with E-state index in [0.717, 1.165) is 35.8 Å². The van der Waals surface area contributed by atoms with Gasteiger partial charge in [-0.2, -0.15) is 0 Å². The summed E-state index contributed by atoms with van der Waals surface area (Å²) in [6.07, 6.45) is 7.47. The SMILES string of the molecule is CCC(CC)(c1ccc(CCC(C2CC2)C(C)(C)C)c(C)c1)c1ccc(-c2ccc(CC(=O)O)cc2)c(C)c1. The first kappa shape index (κ1) is 29.1. The third-order valence-corrected chi connectivity index (χ3v) is 9.53. The lowest BCUT2D eigenvalue weighted by Gasteiger charge is -2.35. The molecule has 3 aromatic rings. The summed E-state index contributed by atoms with van der Waals surface area (Å²) < 4.78 is 0. The molecule has 0 bridgehead atoms. The molecule has 0 amide bonds. The number of hydrogen-bond donors (Lipinski definition) is 1. The molecular formula is C37H48O2. The second-order valence-corrected chi connectivity index (χ2v) is 13.1. The minimum atomic E-state index is -0.797. The van der Waals surface area contributed by atoms with E-state index in [0.29, 0.717) is 5.41 Å². The van der Waals surface area contributed by atoms with E-state index in [1.807, 2.05) is 24.3 Å². The van der Waals surface area contributed by atoms with Crippen LogP contribution in [0.4, 0.5) is 0 Å². The summed E-state index contributed by atoms with van der Waals surface area (Å²) in [5.41, 5.74) is 10.5. The van der Waals surface area contributed by atoms with Crippen LogP contribution in [0.5, 0.6) is 0 Å². The van der Waals surface area contributed by atoms with Gasteiger partial charge in [-0.15, -0.1) is 0 Å². The molecule has 1 aliphatic rings. The molecule has 1 fully saturated rings. The average Bonchev–Trinajstić information content (AvgIpc) is 3.71. The maximum atomic E-state index is 11.0. The number of aryl methyl sites for hydroxylation is 3. The van der Waals surface area contributed by atoms with E-state index < -0.39 is 5.97 Å². The van der Waals surface area contributed by atoms with E-state index in [9.17, 15) is 4.79 Å². The van der Waals surface area contributed by atoms with Gasteiger partial charge >= 0.3 is 5.97 Å². The van der Waals surface area contributed by atoms with Crippen molar-refractivity contribution < 1.29 is 9.90 Å². The van der Waals surface area contributed by atoms with E-state index in [1.54, 1.807) is 0 Å². The van der Waals surface area contributed by atoms with Gasteiger partial charge in [0.25, 0.3) is 0 Å². The van der Waals surface area contributed by atoms with Crippen LogP contribution in [0.2, 0.25) is 0 Å². The van der Waals surface area contributed by atoms with Crippen molar-refractivity contribution in [3.05, 3.63) is 94.0 Å². The van der Waals surface area contributed by atoms with E-state index in [-0.39, 0.29) is 11.8 Å². The zero-order valence-corrected chi connectivity index (χ0v) is 25.2. The highest BCUT2D eigenvalue weighted by atomic mass is 16.4. The lowest BCUT2D eigenvalue weighted by molar-refractivity contribution is -0.136. The van der Waals surface area contributed by atoms with Gasteiger partial charge < -0.3 is 5.11 Å². The van der Waals surface area contributed by atoms with Gasteiger partial charge in [0.15, 0.2) is 0 Å². The molecule has 208 valence electrons. The fourth-order valence-electron chi connectivity index (χ4n) is 6.95. The van der Waals surface area contributed by atoms with Crippen LogP contribution in [0, 0.1) is 31.1 Å². The van der Waals surface area contributed by atoms with Crippen molar-refractivity contribution in [1.82, 2.24) is 0 Å². The van der Waals surface area contributed by atoms with Gasteiger partial charge in [0.1, 0.15) is 0 Å². The lowest BCUT2D eigenvalue weighted by Crippen LogP contribution is -2.26. The number of aliphatic carboxylic acids is 1. The Hall–Kier alpha value is -2.87. The minimum Gasteiger partial charge on any atom is -0.481 e. The summed E-state index contributed by atoms with van der Waals surface area (Å²) in [7, 11) is 0. The highest BCUT2D eigenvalue weighted by molar-refractivity contribution is 5.72. The van der Waals surface area contributed by atoms with Crippen molar-refractivity contribution in [2.45, 2.75) is 98.8 Å². The zero-order valence-electron chi connectivity index (χ0n) is 25.2. The van der Waals surface area contributed by atoms with Crippen LogP contribution in [0.3, 0.4) is 0 Å². The molecule has 0 aliphatic heterocycles. The highest BCUT2D eigenvalue weighted by Crippen LogP contribution is 2.48. The zero-order chi connectivity index (χ0) is 28.4. The Kier molecular flexibility index (Phi) is 8.74. The Balaban J connectivity index is 1.58. The third kappa shape index (κ3) is 6.48. The minimum absolute atomic E-state index is 0.0140. The summed E-state index contributed by atoms with van der Waals surface area (Å²) in [5, 5.41) is 9.08. The van der Waals surface area contributed by atoms with Crippen LogP contribution >= 0.6 is 0 Å². The Morgan fingerprint density at radius 2 is 1.46 bits per heavy atom. The molecule has 1 N–H and O–H groups in total. The molecule has 0 saturated heterocycles. The fraction of sp³-hybridized carbons (Fsp3) is 0.486. The second kappa shape index (κ2) is 11.7. The molecule has 2 heteroatoms. The first-order valence-corrected chi connectivity index (χ1v) is 15.0. The first-order valence-electron chi connectivity index (χ1n) is 15.0. The van der Waals surface area contributed by atoms with E-state index >= 15 is 0 Å². The summed E-state index contributed by atoms with van der Waals surface area (Å²) in [6, 6.07) is 22.2. The molecule has 0 radical (unpaired) electrons. The second-order valence-electron chi connectivity index (χ2n) is 13.1. The van der Waals surface area contributed by atoms with Gasteiger partial charge in [-0.05, 0) is 114 Å². The molecule has 2 nitrogen and oxygen atoms in total. The van der Waals surface area contributed by atoms with E-state index in [4.69, 9.17) is 5.11 Å². The molecule has 39 heavy (non-hydrogen) atoms. The molecule has 4 rings (SSSR count). The van der Waals surface area contributed by atoms with Gasteiger partial charge in [-0.25, -0.2) is 0 Å². The Labute approximate surface area is 236 Å². The quantitative estimate of drug-likeness (QED) is 0.271. The molecule has 0 aromatic heterocycles. The Bertz CT molecular complexity index is 1280. The van der Waals surface area contributed by atoms with Crippen molar-refractivity contribution in [2.24, 2.45) is 17.3 Å². The van der Waals surface area contributed by atoms with Crippen LogP contribution in [-0.4, -0.2) is 11.1 Å². The van der Waals surface area contributed by atoms with Crippen LogP contribution in [0.1, 0.15) is 100 Å². The molecule has 1 atom stereocenters. The first-order chi connectivity index (χ1) is 18.5. The van der Waals surface area contributed by atoms with E-state index in [2.05, 4.69) is 84.9 Å². The Morgan fingerprint density at radius 3 is 1.95 bits per heavy atom. The largest absolute Gasteiger partial charge is 0.481 e. The highest BCUT2D eigenvalue weighted by Gasteiger charge is 2.38. The summed E-state index contributed by atoms with van der Waals surface area (Å²) in [5.74, 6) is 0.956. The van der Waals surface area contributed by atoms with Crippen LogP contribution in [0.25, 0.3) is 11.1 Å². The van der Waals surface area contributed by atoms with Crippen LogP contribution in [-0.2, 0) is 23.1 Å². The molecule has 3 aromatic carbocycles. The summed E-state index contributed by atoms with van der Waals surface area (Å²) in [6.45, 7) is 16.4. The normalized spacial score (nSPS) is 14.8. The van der Waals surface area contributed by atoms with Crippen molar-refractivity contribution in [2.75, 3.05) is 0 Å². The predicted molar refractivity (Wildman–Crippen MR) is 164 cm³/mol. The number of benzene rings is 3. The monoisotopic (exact) mass is 524 g/mol. The van der Waals surface area contributed by atoms with Gasteiger partial charge in [0.05, 0.1) is 6.42 Å². The standard InChI is InChI=1S/C37H48O2/c1-8-37(9-2,31-18-16-28(25(3)22-31)17-21-34(30-14-15-30)36(5,6)7)32-19-20-33(26(4)23-32)29-12-10-27(11-13-29)24-35(38)39/h10-13,16,18-20,22-23,30,34H,8-9,14-15,17,21,24H2,1-7H3,(H,38,39). The molecule has 1 aliphatic carbocycles. The molecular weight excluding hydrogens is 476 g/mol. The van der Waals surface area contributed by atoms with Gasteiger partial charge in [0, 0.05) is 5.41 Å². The number of rotatable bonds is 11. The number of carboxylic acids is 1. The van der Waals surface area contributed by atoms with Crippen molar-refractivity contribution >= 4 is 5.97 Å². The van der Waals surface area contributed by atoms with Gasteiger partial charge in [-0.3, -0.25) is 4.79 Å². The van der Waals surface area contributed by atoms with Gasteiger partial charge in [0.2, 0.25) is 0 Å². The van der Waals surface area contributed by atoms with Crippen LogP contribution in [0.15, 0.2) is 60.7 Å². The number of carboxylic acid groups (broad SMARTS) is 1. The lowest BCUT2D eigenvalue weighted by atomic mass is 9.69. The number of hydrogen-bond acceptors (Lipinski definition) is 1. The van der Waals surface area contributed by atoms with Crippen molar-refractivity contribution in [3.63, 3.8) is 0 Å². The molecule has 0 heterocycles. The topological polar surface area (TPSA) is 37.3 Å². The summed E-state index contributed by atoms with van der Waals surface area (Å²) in [4.78, 5) is 11.0. The predicted octanol–water partition coefficient (Wildman–Crippen LogP) is 9.71. The van der Waals surface area contributed by atoms with Gasteiger partial charge in [-0.1, -0.05) is 95.3 Å². The smallest absolute Gasteiger partial charge is 0.307 e. The molecule has 0 spiro atoms. The Morgan fingerprint density at radius 1 is 0.872 bits per heavy atom. The summed E-state index contributed by atoms with van der Waals surface area (Å²) >= 11 is 0. The molecule has 1 unspecified atom stereocenters. The van der Waals surface area contributed by atoms with Crippen molar-refractivity contribution in [3.8, 4) is 11.1 Å². The van der Waals surface area contributed by atoms with E-state index in [1.165, 1.54) is 59.1 Å². The maximum Gasteiger partial charge on any atom is 0.307 e. The molecule has 1 saturated carbocycles.